The zero-order valence-electron chi connectivity index (χ0n) is 18.1. The van der Waals surface area contributed by atoms with Gasteiger partial charge in [-0.05, 0) is 47.6 Å². The monoisotopic (exact) mass is 399 g/mol. The Labute approximate surface area is 178 Å². The van der Waals surface area contributed by atoms with Crippen LogP contribution in [0.4, 0.5) is 5.82 Å². The van der Waals surface area contributed by atoms with Gasteiger partial charge in [-0.1, -0.05) is 38.6 Å². The summed E-state index contributed by atoms with van der Waals surface area (Å²) < 4.78 is 2.02. The third-order valence-corrected chi connectivity index (χ3v) is 4.78. The van der Waals surface area contributed by atoms with E-state index in [9.17, 15) is 0 Å². The minimum Gasteiger partial charge on any atom is -0.373 e. The molecule has 0 saturated heterocycles. The number of nitrogens with one attached hydrogen (secondary N) is 1. The summed E-state index contributed by atoms with van der Waals surface area (Å²) in [6.45, 7) is 8.12. The van der Waals surface area contributed by atoms with E-state index in [1.54, 1.807) is 0 Å². The predicted octanol–water partition coefficient (Wildman–Crippen LogP) is 5.60. The van der Waals surface area contributed by atoms with Crippen LogP contribution < -0.4 is 5.32 Å². The van der Waals surface area contributed by atoms with E-state index in [4.69, 9.17) is 0 Å². The summed E-state index contributed by atoms with van der Waals surface area (Å²) in [5.41, 5.74) is 4.58. The Hall–Kier alpha value is -3.47. The van der Waals surface area contributed by atoms with Crippen molar-refractivity contribution >= 4 is 22.7 Å². The van der Waals surface area contributed by atoms with Crippen LogP contribution in [-0.2, 0) is 13.5 Å². The molecule has 0 unspecified atom stereocenters. The molecule has 0 aliphatic rings. The number of pyridine rings is 2. The van der Waals surface area contributed by atoms with Gasteiger partial charge in [0.25, 0.3) is 0 Å². The van der Waals surface area contributed by atoms with Crippen LogP contribution in [0.3, 0.4) is 0 Å². The number of hydrogen-bond acceptors (Lipinski definition) is 4. The van der Waals surface area contributed by atoms with Gasteiger partial charge >= 0.3 is 0 Å². The number of nitrogens with zero attached hydrogens (tertiary/aromatic N) is 4. The maximum absolute atomic E-state index is 4.31. The highest BCUT2D eigenvalue weighted by atomic mass is 15.0. The summed E-state index contributed by atoms with van der Waals surface area (Å²) in [6, 6.07) is 12.5. The van der Waals surface area contributed by atoms with E-state index in [0.29, 0.717) is 5.92 Å². The Bertz CT molecular complexity index is 1130. The van der Waals surface area contributed by atoms with Gasteiger partial charge in [0, 0.05) is 43.1 Å². The topological polar surface area (TPSA) is 55.6 Å². The van der Waals surface area contributed by atoms with Crippen LogP contribution in [-0.4, -0.2) is 26.6 Å². The molecule has 4 aromatic rings. The van der Waals surface area contributed by atoms with E-state index >= 15 is 0 Å². The molecule has 4 rings (SSSR count). The summed E-state index contributed by atoms with van der Waals surface area (Å²) in [5, 5.41) is 5.37. The lowest BCUT2D eigenvalue weighted by Crippen LogP contribution is -1.96. The molecule has 0 fully saturated rings. The number of aromatic nitrogens is 4. The van der Waals surface area contributed by atoms with Crippen molar-refractivity contribution in [3.05, 3.63) is 79.2 Å². The summed E-state index contributed by atoms with van der Waals surface area (Å²) in [4.78, 5) is 12.7. The van der Waals surface area contributed by atoms with Crippen molar-refractivity contribution in [3.8, 4) is 11.3 Å². The van der Waals surface area contributed by atoms with Gasteiger partial charge in [-0.15, -0.1) is 0 Å². The van der Waals surface area contributed by atoms with Gasteiger partial charge in [0.05, 0.1) is 18.2 Å². The van der Waals surface area contributed by atoms with Crippen molar-refractivity contribution < 1.29 is 0 Å². The first-order valence-corrected chi connectivity index (χ1v) is 10.1. The first-order valence-electron chi connectivity index (χ1n) is 10.1. The minimum absolute atomic E-state index is 0.664. The Morgan fingerprint density at radius 3 is 2.57 bits per heavy atom. The van der Waals surface area contributed by atoms with Crippen LogP contribution in [0, 0.1) is 5.92 Å². The van der Waals surface area contributed by atoms with Gasteiger partial charge in [-0.3, -0.25) is 4.98 Å². The molecule has 0 bridgehead atoms. The largest absolute Gasteiger partial charge is 0.373 e. The van der Waals surface area contributed by atoms with Crippen LogP contribution in [0.1, 0.15) is 25.1 Å². The number of rotatable bonds is 5. The number of fused-ring (bicyclic) bond motifs is 1. The number of benzene rings is 1. The van der Waals surface area contributed by atoms with Crippen LogP contribution in [0.5, 0.6) is 0 Å². The lowest BCUT2D eigenvalue weighted by molar-refractivity contribution is 0.635. The molecule has 0 spiro atoms. The normalized spacial score (nSPS) is 10.6. The van der Waals surface area contributed by atoms with Crippen LogP contribution in [0.25, 0.3) is 28.1 Å². The Morgan fingerprint density at radius 1 is 1.07 bits per heavy atom. The molecule has 0 aliphatic carbocycles. The standard InChI is InChI=1S/C14H14N4.C11H15N/c1-15-14-6-12-5-10(3-4-11(12)7-17-14)13-8-16-9-18(13)2;1-4-10-5-6-12-11(8-10)7-9(2)3/h3-9H,1-2H3,(H,15,17);4-6,8-9H,1,7H2,2-3H3. The molecular weight excluding hydrogens is 370 g/mol. The van der Waals surface area contributed by atoms with Crippen LogP contribution in [0.2, 0.25) is 0 Å². The zero-order valence-corrected chi connectivity index (χ0v) is 18.1. The summed E-state index contributed by atoms with van der Waals surface area (Å²) in [6.07, 6.45) is 10.3. The second kappa shape index (κ2) is 9.83. The third kappa shape index (κ3) is 5.32. The fourth-order valence-electron chi connectivity index (χ4n) is 3.23. The highest BCUT2D eigenvalue weighted by molar-refractivity contribution is 5.87. The smallest absolute Gasteiger partial charge is 0.126 e. The molecule has 5 heteroatoms. The van der Waals surface area contributed by atoms with Crippen molar-refractivity contribution in [2.24, 2.45) is 13.0 Å². The van der Waals surface area contributed by atoms with Crippen molar-refractivity contribution in [1.29, 1.82) is 0 Å². The Morgan fingerprint density at radius 2 is 1.90 bits per heavy atom. The first kappa shape index (κ1) is 21.2. The van der Waals surface area contributed by atoms with E-state index in [1.165, 1.54) is 5.39 Å². The molecule has 1 aromatic carbocycles. The van der Waals surface area contributed by atoms with Gasteiger partial charge in [-0.25, -0.2) is 9.97 Å². The second-order valence-electron chi connectivity index (χ2n) is 7.65. The quantitative estimate of drug-likeness (QED) is 0.474. The Balaban J connectivity index is 0.000000187. The van der Waals surface area contributed by atoms with Crippen LogP contribution in [0.15, 0.2) is 67.9 Å². The Kier molecular flexibility index (Phi) is 6.96. The molecule has 0 atom stereocenters. The molecule has 0 amide bonds. The number of aryl methyl sites for hydroxylation is 1. The third-order valence-electron chi connectivity index (χ3n) is 4.78. The number of imidazole rings is 1. The van der Waals surface area contributed by atoms with E-state index in [1.807, 2.05) is 55.7 Å². The predicted molar refractivity (Wildman–Crippen MR) is 126 cm³/mol. The number of anilines is 1. The molecule has 0 radical (unpaired) electrons. The molecule has 1 N–H and O–H groups in total. The summed E-state index contributed by atoms with van der Waals surface area (Å²) in [5.74, 6) is 1.54. The molecule has 154 valence electrons. The zero-order chi connectivity index (χ0) is 21.5. The second-order valence-corrected chi connectivity index (χ2v) is 7.65. The van der Waals surface area contributed by atoms with Crippen molar-refractivity contribution in [2.45, 2.75) is 20.3 Å². The van der Waals surface area contributed by atoms with Crippen molar-refractivity contribution in [3.63, 3.8) is 0 Å². The average Bonchev–Trinajstić information content (AvgIpc) is 3.19. The van der Waals surface area contributed by atoms with Gasteiger partial charge < -0.3 is 9.88 Å². The SMILES string of the molecule is C=Cc1ccnc(CC(C)C)c1.CNc1cc2cc(-c3cncn3C)ccc2cn1. The van der Waals surface area contributed by atoms with E-state index in [0.717, 1.165) is 40.1 Å². The van der Waals surface area contributed by atoms with Crippen molar-refractivity contribution in [1.82, 2.24) is 19.5 Å². The summed E-state index contributed by atoms with van der Waals surface area (Å²) in [7, 11) is 3.87. The van der Waals surface area contributed by atoms with E-state index < -0.39 is 0 Å². The molecule has 3 aromatic heterocycles. The maximum atomic E-state index is 4.31. The van der Waals surface area contributed by atoms with Gasteiger partial charge in [0.15, 0.2) is 0 Å². The molecule has 3 heterocycles. The molecule has 5 nitrogen and oxygen atoms in total. The van der Waals surface area contributed by atoms with Gasteiger partial charge in [0.2, 0.25) is 0 Å². The van der Waals surface area contributed by atoms with E-state index in [-0.39, 0.29) is 0 Å². The van der Waals surface area contributed by atoms with Crippen molar-refractivity contribution in [2.75, 3.05) is 12.4 Å². The fraction of sp³-hybridized carbons (Fsp3) is 0.240. The lowest BCUT2D eigenvalue weighted by Gasteiger charge is -2.06. The molecule has 0 saturated carbocycles. The summed E-state index contributed by atoms with van der Waals surface area (Å²) >= 11 is 0. The highest BCUT2D eigenvalue weighted by Crippen LogP contribution is 2.24. The molecule has 0 aliphatic heterocycles. The first-order chi connectivity index (χ1) is 14.5. The lowest BCUT2D eigenvalue weighted by atomic mass is 10.1. The molecule has 30 heavy (non-hydrogen) atoms. The highest BCUT2D eigenvalue weighted by Gasteiger charge is 2.04. The van der Waals surface area contributed by atoms with E-state index in [2.05, 4.69) is 71.0 Å². The van der Waals surface area contributed by atoms with Crippen LogP contribution >= 0.6 is 0 Å². The fourth-order valence-corrected chi connectivity index (χ4v) is 3.23. The van der Waals surface area contributed by atoms with Gasteiger partial charge in [-0.2, -0.15) is 0 Å². The average molecular weight is 400 g/mol. The minimum atomic E-state index is 0.664. The van der Waals surface area contributed by atoms with Gasteiger partial charge in [0.1, 0.15) is 5.82 Å². The maximum Gasteiger partial charge on any atom is 0.126 e. The molecular formula is C25H29N5. The number of hydrogen-bond donors (Lipinski definition) is 1.